The molecule has 96 valence electrons. The molecule has 1 heterocycles. The molecule has 0 radical (unpaired) electrons. The van der Waals surface area contributed by atoms with Crippen LogP contribution in [0.15, 0.2) is 24.3 Å². The summed E-state index contributed by atoms with van der Waals surface area (Å²) in [5, 5.41) is 9.30. The predicted octanol–water partition coefficient (Wildman–Crippen LogP) is 2.90. The van der Waals surface area contributed by atoms with Crippen molar-refractivity contribution in [1.29, 1.82) is 5.26 Å². The molecule has 3 heteroatoms. The van der Waals surface area contributed by atoms with Crippen LogP contribution in [-0.4, -0.2) is 19.8 Å². The molecule has 0 aromatic heterocycles. The van der Waals surface area contributed by atoms with Gasteiger partial charge in [-0.1, -0.05) is 19.1 Å². The first-order valence-electron chi connectivity index (χ1n) is 6.47. The second-order valence-corrected chi connectivity index (χ2v) is 4.70. The SMILES string of the molecule is CCOc1ccc(C2(C(C#N)CC)COC2)cc1. The molecule has 1 aromatic carbocycles. The molecule has 18 heavy (non-hydrogen) atoms. The fourth-order valence-corrected chi connectivity index (χ4v) is 2.55. The molecular formula is C15H19NO2. The Morgan fingerprint density at radius 2 is 2.00 bits per heavy atom. The number of hydrogen-bond donors (Lipinski definition) is 0. The Morgan fingerprint density at radius 3 is 2.39 bits per heavy atom. The average Bonchev–Trinajstić information content (AvgIpc) is 2.35. The number of benzene rings is 1. The summed E-state index contributed by atoms with van der Waals surface area (Å²) in [6.07, 6.45) is 0.854. The lowest BCUT2D eigenvalue weighted by Gasteiger charge is -2.45. The molecule has 1 unspecified atom stereocenters. The molecule has 2 rings (SSSR count). The van der Waals surface area contributed by atoms with Gasteiger partial charge in [-0.3, -0.25) is 0 Å². The molecule has 1 aliphatic heterocycles. The minimum Gasteiger partial charge on any atom is -0.494 e. The summed E-state index contributed by atoms with van der Waals surface area (Å²) in [4.78, 5) is 0. The minimum atomic E-state index is -0.117. The standard InChI is InChI=1S/C15H19NO2/c1-3-12(9-16)15(10-17-11-15)13-5-7-14(8-6-13)18-4-2/h5-8,12H,3-4,10-11H2,1-2H3. The maximum Gasteiger partial charge on any atom is 0.119 e. The third-order valence-corrected chi connectivity index (χ3v) is 3.69. The Balaban J connectivity index is 2.25. The van der Waals surface area contributed by atoms with Crippen LogP contribution in [0.4, 0.5) is 0 Å². The number of rotatable bonds is 5. The van der Waals surface area contributed by atoms with Crippen LogP contribution in [0.2, 0.25) is 0 Å². The van der Waals surface area contributed by atoms with Crippen molar-refractivity contribution in [3.63, 3.8) is 0 Å². The largest absolute Gasteiger partial charge is 0.494 e. The van der Waals surface area contributed by atoms with Gasteiger partial charge in [0.25, 0.3) is 0 Å². The molecule has 1 aliphatic rings. The van der Waals surface area contributed by atoms with Crippen LogP contribution < -0.4 is 4.74 Å². The maximum atomic E-state index is 9.30. The summed E-state index contributed by atoms with van der Waals surface area (Å²) in [6.45, 7) is 5.99. The molecule has 1 fully saturated rings. The van der Waals surface area contributed by atoms with Gasteiger partial charge >= 0.3 is 0 Å². The normalized spacial score (nSPS) is 18.5. The maximum absolute atomic E-state index is 9.30. The highest BCUT2D eigenvalue weighted by Gasteiger charge is 2.46. The Hall–Kier alpha value is -1.53. The summed E-state index contributed by atoms with van der Waals surface area (Å²) in [7, 11) is 0. The summed E-state index contributed by atoms with van der Waals surface area (Å²) < 4.78 is 10.8. The van der Waals surface area contributed by atoms with Crippen molar-refractivity contribution in [1.82, 2.24) is 0 Å². The van der Waals surface area contributed by atoms with Crippen molar-refractivity contribution in [2.45, 2.75) is 25.7 Å². The van der Waals surface area contributed by atoms with Gasteiger partial charge in [-0.2, -0.15) is 5.26 Å². The lowest BCUT2D eigenvalue weighted by molar-refractivity contribution is -0.0805. The van der Waals surface area contributed by atoms with E-state index in [1.165, 1.54) is 5.56 Å². The van der Waals surface area contributed by atoms with Gasteiger partial charge in [-0.05, 0) is 31.0 Å². The molecule has 3 nitrogen and oxygen atoms in total. The van der Waals surface area contributed by atoms with Crippen molar-refractivity contribution < 1.29 is 9.47 Å². The summed E-state index contributed by atoms with van der Waals surface area (Å²) >= 11 is 0. The summed E-state index contributed by atoms with van der Waals surface area (Å²) in [5.41, 5.74) is 1.07. The van der Waals surface area contributed by atoms with Gasteiger partial charge in [0, 0.05) is 0 Å². The highest BCUT2D eigenvalue weighted by molar-refractivity contribution is 5.36. The highest BCUT2D eigenvalue weighted by Crippen LogP contribution is 2.41. The average molecular weight is 245 g/mol. The number of nitriles is 1. The lowest BCUT2D eigenvalue weighted by atomic mass is 9.68. The van der Waals surface area contributed by atoms with Crippen LogP contribution in [0.3, 0.4) is 0 Å². The molecule has 1 atom stereocenters. The van der Waals surface area contributed by atoms with Crippen molar-refractivity contribution in [2.24, 2.45) is 5.92 Å². The van der Waals surface area contributed by atoms with Gasteiger partial charge in [-0.15, -0.1) is 0 Å². The van der Waals surface area contributed by atoms with Crippen LogP contribution in [0, 0.1) is 17.2 Å². The van der Waals surface area contributed by atoms with Crippen molar-refractivity contribution in [2.75, 3.05) is 19.8 Å². The van der Waals surface area contributed by atoms with Gasteiger partial charge in [0.1, 0.15) is 5.75 Å². The molecule has 0 spiro atoms. The Morgan fingerprint density at radius 1 is 1.33 bits per heavy atom. The zero-order valence-electron chi connectivity index (χ0n) is 11.0. The molecule has 0 aliphatic carbocycles. The van der Waals surface area contributed by atoms with E-state index in [9.17, 15) is 5.26 Å². The van der Waals surface area contributed by atoms with Crippen LogP contribution in [0.5, 0.6) is 5.75 Å². The lowest BCUT2D eigenvalue weighted by Crippen LogP contribution is -2.51. The second kappa shape index (κ2) is 5.41. The first-order chi connectivity index (χ1) is 8.76. The van der Waals surface area contributed by atoms with E-state index < -0.39 is 0 Å². The van der Waals surface area contributed by atoms with Gasteiger partial charge in [-0.25, -0.2) is 0 Å². The third kappa shape index (κ3) is 2.09. The molecule has 0 bridgehead atoms. The first kappa shape index (κ1) is 12.9. The van der Waals surface area contributed by atoms with Crippen LogP contribution in [-0.2, 0) is 10.2 Å². The topological polar surface area (TPSA) is 42.2 Å². The van der Waals surface area contributed by atoms with Crippen molar-refractivity contribution in [3.05, 3.63) is 29.8 Å². The Labute approximate surface area is 108 Å². The first-order valence-corrected chi connectivity index (χ1v) is 6.47. The van der Waals surface area contributed by atoms with Gasteiger partial charge in [0.05, 0.1) is 37.2 Å². The molecular weight excluding hydrogens is 226 g/mol. The molecule has 0 amide bonds. The quantitative estimate of drug-likeness (QED) is 0.801. The molecule has 1 saturated heterocycles. The molecule has 0 saturated carbocycles. The Kier molecular flexibility index (Phi) is 3.88. The number of ether oxygens (including phenoxy) is 2. The van der Waals surface area contributed by atoms with E-state index in [-0.39, 0.29) is 11.3 Å². The van der Waals surface area contributed by atoms with E-state index in [1.54, 1.807) is 0 Å². The summed E-state index contributed by atoms with van der Waals surface area (Å²) in [6, 6.07) is 10.5. The fourth-order valence-electron chi connectivity index (χ4n) is 2.55. The van der Waals surface area contributed by atoms with E-state index in [4.69, 9.17) is 9.47 Å². The highest BCUT2D eigenvalue weighted by atomic mass is 16.5. The monoisotopic (exact) mass is 245 g/mol. The van der Waals surface area contributed by atoms with Crippen molar-refractivity contribution in [3.8, 4) is 11.8 Å². The zero-order chi connectivity index (χ0) is 13.0. The van der Waals surface area contributed by atoms with E-state index in [0.29, 0.717) is 19.8 Å². The zero-order valence-corrected chi connectivity index (χ0v) is 11.0. The number of hydrogen-bond acceptors (Lipinski definition) is 3. The molecule has 0 N–H and O–H groups in total. The van der Waals surface area contributed by atoms with E-state index in [2.05, 4.69) is 25.1 Å². The van der Waals surface area contributed by atoms with Gasteiger partial charge < -0.3 is 9.47 Å². The van der Waals surface area contributed by atoms with Gasteiger partial charge in [0.15, 0.2) is 0 Å². The van der Waals surface area contributed by atoms with E-state index >= 15 is 0 Å². The van der Waals surface area contributed by atoms with E-state index in [0.717, 1.165) is 12.2 Å². The van der Waals surface area contributed by atoms with Crippen LogP contribution in [0.1, 0.15) is 25.8 Å². The van der Waals surface area contributed by atoms with Crippen LogP contribution in [0.25, 0.3) is 0 Å². The van der Waals surface area contributed by atoms with Crippen LogP contribution >= 0.6 is 0 Å². The number of nitrogens with zero attached hydrogens (tertiary/aromatic N) is 1. The van der Waals surface area contributed by atoms with E-state index in [1.807, 2.05) is 19.1 Å². The predicted molar refractivity (Wildman–Crippen MR) is 69.5 cm³/mol. The Bertz CT molecular complexity index is 429. The van der Waals surface area contributed by atoms with Gasteiger partial charge in [0.2, 0.25) is 0 Å². The molecule has 1 aromatic rings. The smallest absolute Gasteiger partial charge is 0.119 e. The second-order valence-electron chi connectivity index (χ2n) is 4.70. The summed E-state index contributed by atoms with van der Waals surface area (Å²) in [5.74, 6) is 0.894. The minimum absolute atomic E-state index is 0.0178. The van der Waals surface area contributed by atoms with Crippen molar-refractivity contribution >= 4 is 0 Å². The fraction of sp³-hybridized carbons (Fsp3) is 0.533. The third-order valence-electron chi connectivity index (χ3n) is 3.69.